The van der Waals surface area contributed by atoms with E-state index in [2.05, 4.69) is 4.98 Å². The monoisotopic (exact) mass is 478 g/mol. The van der Waals surface area contributed by atoms with Crippen LogP contribution in [-0.4, -0.2) is 25.1 Å². The Morgan fingerprint density at radius 3 is 2.58 bits per heavy atom. The predicted molar refractivity (Wildman–Crippen MR) is 111 cm³/mol. The van der Waals surface area contributed by atoms with Crippen LogP contribution >= 0.6 is 11.6 Å². The predicted octanol–water partition coefficient (Wildman–Crippen LogP) is 5.11. The second-order valence-electron chi connectivity index (χ2n) is 6.77. The first-order chi connectivity index (χ1) is 14.5. The molecule has 0 aliphatic heterocycles. The maximum absolute atomic E-state index is 12.8. The normalized spacial score (nSPS) is 11.9. The van der Waals surface area contributed by atoms with Crippen molar-refractivity contribution in [2.24, 2.45) is 0 Å². The molecule has 0 aliphatic rings. The van der Waals surface area contributed by atoms with Crippen molar-refractivity contribution >= 4 is 27.5 Å². The molecule has 2 rings (SSSR count). The van der Waals surface area contributed by atoms with Crippen LogP contribution in [0.4, 0.5) is 13.2 Å². The number of halogens is 4. The number of hydrogen-bond acceptors (Lipinski definition) is 5. The number of aromatic nitrogens is 1. The fourth-order valence-corrected chi connectivity index (χ4v) is 3.98. The van der Waals surface area contributed by atoms with Crippen LogP contribution in [0.25, 0.3) is 0 Å². The Bertz CT molecular complexity index is 1010. The number of para-hydroxylation sites is 1. The lowest BCUT2D eigenvalue weighted by atomic mass is 10.1. The molecule has 170 valence electrons. The van der Waals surface area contributed by atoms with Crippen molar-refractivity contribution in [2.45, 2.75) is 45.2 Å². The highest BCUT2D eigenvalue weighted by Crippen LogP contribution is 2.35. The van der Waals surface area contributed by atoms with Crippen molar-refractivity contribution in [1.29, 1.82) is 0 Å². The van der Waals surface area contributed by atoms with Crippen LogP contribution in [0, 0.1) is 0 Å². The van der Waals surface area contributed by atoms with Crippen molar-refractivity contribution in [3.05, 3.63) is 52.7 Å². The van der Waals surface area contributed by atoms with Crippen LogP contribution in [0.1, 0.15) is 43.7 Å². The first-order valence-electron chi connectivity index (χ1n) is 9.53. The summed E-state index contributed by atoms with van der Waals surface area (Å²) in [6.45, 7) is 1.94. The van der Waals surface area contributed by atoms with Crippen molar-refractivity contribution in [2.75, 3.05) is 5.75 Å². The van der Waals surface area contributed by atoms with Gasteiger partial charge < -0.3 is 4.74 Å². The van der Waals surface area contributed by atoms with Gasteiger partial charge in [-0.3, -0.25) is 9.52 Å². The molecular formula is C20H22ClF3N2O4S. The molecule has 0 atom stereocenters. The number of hydrogen-bond donors (Lipinski definition) is 1. The number of pyridine rings is 1. The van der Waals surface area contributed by atoms with Crippen LogP contribution in [0.2, 0.25) is 5.02 Å². The summed E-state index contributed by atoms with van der Waals surface area (Å²) in [6.07, 6.45) is -1.88. The lowest BCUT2D eigenvalue weighted by Gasteiger charge is -2.13. The molecule has 0 unspecified atom stereocenters. The van der Waals surface area contributed by atoms with Crippen LogP contribution in [0.5, 0.6) is 11.6 Å². The van der Waals surface area contributed by atoms with Gasteiger partial charge in [0.05, 0.1) is 11.3 Å². The molecule has 1 heterocycles. The summed E-state index contributed by atoms with van der Waals surface area (Å²) in [7, 11) is -3.69. The number of carbonyl (C=O) groups excluding carboxylic acids is 1. The van der Waals surface area contributed by atoms with Gasteiger partial charge in [-0.05, 0) is 30.5 Å². The van der Waals surface area contributed by atoms with Crippen molar-refractivity contribution in [1.82, 2.24) is 9.71 Å². The van der Waals surface area contributed by atoms with E-state index in [1.165, 1.54) is 0 Å². The number of carbonyl (C=O) groups is 1. The average molecular weight is 479 g/mol. The van der Waals surface area contributed by atoms with E-state index in [1.54, 1.807) is 24.3 Å². The Kier molecular flexibility index (Phi) is 8.69. The van der Waals surface area contributed by atoms with Crippen LogP contribution in [0.15, 0.2) is 36.5 Å². The van der Waals surface area contributed by atoms with Crippen LogP contribution in [0.3, 0.4) is 0 Å². The zero-order valence-electron chi connectivity index (χ0n) is 16.7. The van der Waals surface area contributed by atoms with Gasteiger partial charge in [0.1, 0.15) is 10.8 Å². The molecule has 1 N–H and O–H groups in total. The van der Waals surface area contributed by atoms with E-state index < -0.39 is 27.7 Å². The fourth-order valence-electron chi connectivity index (χ4n) is 2.64. The summed E-state index contributed by atoms with van der Waals surface area (Å²) >= 11 is 5.87. The lowest BCUT2D eigenvalue weighted by molar-refractivity contribution is -0.137. The largest absolute Gasteiger partial charge is 0.437 e. The molecule has 2 aromatic rings. The third-order valence-electron chi connectivity index (χ3n) is 4.22. The Balaban J connectivity index is 2.04. The van der Waals surface area contributed by atoms with E-state index in [9.17, 15) is 26.4 Å². The first-order valence-corrected chi connectivity index (χ1v) is 11.6. The van der Waals surface area contributed by atoms with Gasteiger partial charge >= 0.3 is 6.18 Å². The standard InChI is InChI=1S/C20H22ClF3N2O4S/c1-2-3-6-11-31(28,29)26-18(27)10-9-14-7-4-5-8-17(14)30-19-16(21)12-15(13-25-19)20(22,23)24/h4-5,7-8,12-13H,2-3,6,9-11H2,1H3,(H,26,27). The average Bonchev–Trinajstić information content (AvgIpc) is 2.67. The smallest absolute Gasteiger partial charge is 0.417 e. The minimum atomic E-state index is -4.59. The number of nitrogens with one attached hydrogen (secondary N) is 1. The Hall–Kier alpha value is -2.33. The Morgan fingerprint density at radius 2 is 1.94 bits per heavy atom. The number of benzene rings is 1. The van der Waals surface area contributed by atoms with Gasteiger partial charge in [0.2, 0.25) is 21.8 Å². The topological polar surface area (TPSA) is 85.4 Å². The molecular weight excluding hydrogens is 457 g/mol. The van der Waals surface area contributed by atoms with E-state index in [0.717, 1.165) is 12.8 Å². The van der Waals surface area contributed by atoms with Gasteiger partial charge in [-0.1, -0.05) is 49.6 Å². The summed E-state index contributed by atoms with van der Waals surface area (Å²) in [6, 6.07) is 7.22. The molecule has 31 heavy (non-hydrogen) atoms. The molecule has 0 saturated heterocycles. The van der Waals surface area contributed by atoms with Crippen LogP contribution < -0.4 is 9.46 Å². The fraction of sp³-hybridized carbons (Fsp3) is 0.400. The SMILES string of the molecule is CCCCCS(=O)(=O)NC(=O)CCc1ccccc1Oc1ncc(C(F)(F)F)cc1Cl. The van der Waals surface area contributed by atoms with Gasteiger partial charge in [0, 0.05) is 12.6 Å². The number of nitrogens with zero attached hydrogens (tertiary/aromatic N) is 1. The number of rotatable bonds is 10. The highest BCUT2D eigenvalue weighted by Gasteiger charge is 2.32. The molecule has 1 aromatic heterocycles. The number of sulfonamides is 1. The molecule has 1 amide bonds. The Morgan fingerprint density at radius 1 is 1.23 bits per heavy atom. The second-order valence-corrected chi connectivity index (χ2v) is 9.02. The van der Waals surface area contributed by atoms with E-state index >= 15 is 0 Å². The quantitative estimate of drug-likeness (QED) is 0.479. The Labute approximate surface area is 183 Å². The maximum Gasteiger partial charge on any atom is 0.417 e. The molecule has 0 aliphatic carbocycles. The minimum absolute atomic E-state index is 0.121. The summed E-state index contributed by atoms with van der Waals surface area (Å²) in [5.74, 6) is -0.748. The second kappa shape index (κ2) is 10.8. The highest BCUT2D eigenvalue weighted by atomic mass is 35.5. The van der Waals surface area contributed by atoms with E-state index in [-0.39, 0.29) is 35.2 Å². The van der Waals surface area contributed by atoms with Gasteiger partial charge in [-0.25, -0.2) is 13.4 Å². The van der Waals surface area contributed by atoms with E-state index in [1.807, 2.05) is 11.6 Å². The number of ether oxygens (including phenoxy) is 1. The first kappa shape index (κ1) is 24.9. The summed E-state index contributed by atoms with van der Waals surface area (Å²) in [4.78, 5) is 15.7. The molecule has 0 saturated carbocycles. The summed E-state index contributed by atoms with van der Waals surface area (Å²) in [5.41, 5.74) is -0.464. The minimum Gasteiger partial charge on any atom is -0.437 e. The third-order valence-corrected chi connectivity index (χ3v) is 5.86. The zero-order valence-corrected chi connectivity index (χ0v) is 18.3. The molecule has 0 bridgehead atoms. The van der Waals surface area contributed by atoms with Gasteiger partial charge in [-0.2, -0.15) is 13.2 Å². The number of amides is 1. The van der Waals surface area contributed by atoms with Gasteiger partial charge in [-0.15, -0.1) is 0 Å². The highest BCUT2D eigenvalue weighted by molar-refractivity contribution is 7.90. The molecule has 6 nitrogen and oxygen atoms in total. The molecule has 11 heteroatoms. The van der Waals surface area contributed by atoms with E-state index in [0.29, 0.717) is 24.2 Å². The third kappa shape index (κ3) is 8.02. The van der Waals surface area contributed by atoms with Crippen molar-refractivity contribution < 1.29 is 31.1 Å². The van der Waals surface area contributed by atoms with Gasteiger partial charge in [0.15, 0.2) is 0 Å². The lowest BCUT2D eigenvalue weighted by Crippen LogP contribution is -2.32. The number of aryl methyl sites for hydroxylation is 1. The summed E-state index contributed by atoms with van der Waals surface area (Å²) in [5, 5.41) is -0.319. The maximum atomic E-state index is 12.8. The van der Waals surface area contributed by atoms with Crippen molar-refractivity contribution in [3.63, 3.8) is 0 Å². The zero-order chi connectivity index (χ0) is 23.1. The molecule has 0 spiro atoms. The molecule has 1 aromatic carbocycles. The number of unbranched alkanes of at least 4 members (excludes halogenated alkanes) is 2. The van der Waals surface area contributed by atoms with E-state index in [4.69, 9.17) is 16.3 Å². The van der Waals surface area contributed by atoms with Crippen LogP contribution in [-0.2, 0) is 27.4 Å². The molecule has 0 fully saturated rings. The summed E-state index contributed by atoms with van der Waals surface area (Å²) < 4.78 is 69.7. The van der Waals surface area contributed by atoms with Crippen molar-refractivity contribution in [3.8, 4) is 11.6 Å². The number of alkyl halides is 3. The molecule has 0 radical (unpaired) electrons. The van der Waals surface area contributed by atoms with Gasteiger partial charge in [0.25, 0.3) is 0 Å².